The van der Waals surface area contributed by atoms with Crippen LogP contribution >= 0.6 is 23.8 Å². The van der Waals surface area contributed by atoms with Gasteiger partial charge in [0.15, 0.2) is 5.11 Å². The number of nitrogens with one attached hydrogen (secondary N) is 2. The number of anilines is 2. The molecule has 4 rings (SSSR count). The molecule has 1 fully saturated rings. The van der Waals surface area contributed by atoms with Gasteiger partial charge in [-0.05, 0) is 73.6 Å². The molecule has 144 valence electrons. The van der Waals surface area contributed by atoms with Crippen LogP contribution in [-0.2, 0) is 6.54 Å². The Balaban J connectivity index is 1.29. The summed E-state index contributed by atoms with van der Waals surface area (Å²) in [4.78, 5) is 6.82. The highest BCUT2D eigenvalue weighted by Gasteiger charge is 2.13. The number of hydrogen-bond acceptors (Lipinski definition) is 4. The number of pyridine rings is 1. The third kappa shape index (κ3) is 4.64. The molecule has 7 heteroatoms. The van der Waals surface area contributed by atoms with Crippen LogP contribution in [0, 0.1) is 0 Å². The van der Waals surface area contributed by atoms with Crippen molar-refractivity contribution in [3.8, 4) is 11.3 Å². The summed E-state index contributed by atoms with van der Waals surface area (Å²) in [5, 5.41) is 7.55. The maximum Gasteiger partial charge on any atom is 0.171 e. The predicted octanol–water partition coefficient (Wildman–Crippen LogP) is 5.08. The second kappa shape index (κ2) is 8.63. The first-order chi connectivity index (χ1) is 13.7. The molecule has 0 spiro atoms. The van der Waals surface area contributed by atoms with Gasteiger partial charge < -0.3 is 20.0 Å². The first kappa shape index (κ1) is 18.8. The van der Waals surface area contributed by atoms with Gasteiger partial charge in [0.25, 0.3) is 0 Å². The SMILES string of the molecule is S=C(NCc1ccc(-c2ccc(Cl)cc2)o1)Nc1ccc(N2CCCC2)nc1. The molecule has 0 saturated carbocycles. The van der Waals surface area contributed by atoms with Gasteiger partial charge in [-0.1, -0.05) is 11.6 Å². The van der Waals surface area contributed by atoms with Crippen LogP contribution in [0.5, 0.6) is 0 Å². The van der Waals surface area contributed by atoms with Crippen molar-refractivity contribution >= 4 is 40.4 Å². The fraction of sp³-hybridized carbons (Fsp3) is 0.238. The highest BCUT2D eigenvalue weighted by atomic mass is 35.5. The molecule has 2 N–H and O–H groups in total. The fourth-order valence-corrected chi connectivity index (χ4v) is 3.49. The Morgan fingerprint density at radius 3 is 2.57 bits per heavy atom. The van der Waals surface area contributed by atoms with Gasteiger partial charge in [0, 0.05) is 23.7 Å². The minimum Gasteiger partial charge on any atom is -0.459 e. The second-order valence-electron chi connectivity index (χ2n) is 6.68. The largest absolute Gasteiger partial charge is 0.459 e. The summed E-state index contributed by atoms with van der Waals surface area (Å²) in [7, 11) is 0. The van der Waals surface area contributed by atoms with Crippen molar-refractivity contribution in [2.45, 2.75) is 19.4 Å². The number of aromatic nitrogens is 1. The maximum absolute atomic E-state index is 5.93. The molecule has 0 unspecified atom stereocenters. The standard InChI is InChI=1S/C21H21ClN4OS/c22-16-5-3-15(4-6-16)19-9-8-18(27-19)14-24-21(28)25-17-7-10-20(23-13-17)26-11-1-2-12-26/h3-10,13H,1-2,11-12,14H2,(H2,24,25,28). The lowest BCUT2D eigenvalue weighted by Gasteiger charge is -2.16. The molecule has 3 heterocycles. The van der Waals surface area contributed by atoms with Crippen LogP contribution in [0.25, 0.3) is 11.3 Å². The van der Waals surface area contributed by atoms with Crippen LogP contribution < -0.4 is 15.5 Å². The number of hydrogen-bond donors (Lipinski definition) is 2. The lowest BCUT2D eigenvalue weighted by atomic mass is 10.2. The van der Waals surface area contributed by atoms with E-state index in [-0.39, 0.29) is 0 Å². The molecular formula is C21H21ClN4OS. The van der Waals surface area contributed by atoms with E-state index in [0.29, 0.717) is 16.7 Å². The molecule has 1 aliphatic rings. The molecular weight excluding hydrogens is 392 g/mol. The number of furan rings is 1. The minimum absolute atomic E-state index is 0.499. The molecule has 0 aliphatic carbocycles. The Labute approximate surface area is 174 Å². The van der Waals surface area contributed by atoms with E-state index in [9.17, 15) is 0 Å². The van der Waals surface area contributed by atoms with Crippen molar-refractivity contribution in [1.82, 2.24) is 10.3 Å². The van der Waals surface area contributed by atoms with E-state index < -0.39 is 0 Å². The number of benzene rings is 1. The van der Waals surface area contributed by atoms with E-state index in [1.54, 1.807) is 0 Å². The number of nitrogens with zero attached hydrogens (tertiary/aromatic N) is 2. The van der Waals surface area contributed by atoms with Crippen molar-refractivity contribution in [2.75, 3.05) is 23.3 Å². The van der Waals surface area contributed by atoms with Gasteiger partial charge in [0.05, 0.1) is 18.4 Å². The molecule has 3 aromatic rings. The molecule has 0 amide bonds. The average molecular weight is 413 g/mol. The normalized spacial score (nSPS) is 13.5. The summed E-state index contributed by atoms with van der Waals surface area (Å²) in [6.45, 7) is 2.67. The second-order valence-corrected chi connectivity index (χ2v) is 7.52. The highest BCUT2D eigenvalue weighted by Crippen LogP contribution is 2.24. The van der Waals surface area contributed by atoms with Crippen molar-refractivity contribution in [2.24, 2.45) is 0 Å². The minimum atomic E-state index is 0.499. The molecule has 1 aliphatic heterocycles. The Bertz CT molecular complexity index is 934. The van der Waals surface area contributed by atoms with Crippen molar-refractivity contribution in [3.05, 3.63) is 65.5 Å². The summed E-state index contributed by atoms with van der Waals surface area (Å²) in [5.74, 6) is 2.62. The lowest BCUT2D eigenvalue weighted by molar-refractivity contribution is 0.516. The van der Waals surface area contributed by atoms with Crippen molar-refractivity contribution in [3.63, 3.8) is 0 Å². The third-order valence-electron chi connectivity index (χ3n) is 4.65. The first-order valence-corrected chi connectivity index (χ1v) is 10.1. The van der Waals surface area contributed by atoms with E-state index in [0.717, 1.165) is 41.7 Å². The van der Waals surface area contributed by atoms with Crippen molar-refractivity contribution < 1.29 is 4.42 Å². The van der Waals surface area contributed by atoms with Crippen LogP contribution in [0.3, 0.4) is 0 Å². The monoisotopic (exact) mass is 412 g/mol. The molecule has 1 aromatic carbocycles. The summed E-state index contributed by atoms with van der Waals surface area (Å²) < 4.78 is 5.87. The molecule has 0 bridgehead atoms. The van der Waals surface area contributed by atoms with Crippen LogP contribution in [0.2, 0.25) is 5.02 Å². The quantitative estimate of drug-likeness (QED) is 0.570. The summed E-state index contributed by atoms with van der Waals surface area (Å²) in [6.07, 6.45) is 4.29. The Kier molecular flexibility index (Phi) is 5.78. The van der Waals surface area contributed by atoms with Gasteiger partial charge in [-0.15, -0.1) is 0 Å². The highest BCUT2D eigenvalue weighted by molar-refractivity contribution is 7.80. The number of halogens is 1. The summed E-state index contributed by atoms with van der Waals surface area (Å²) >= 11 is 11.3. The van der Waals surface area contributed by atoms with Crippen LogP contribution in [0.4, 0.5) is 11.5 Å². The van der Waals surface area contributed by atoms with Crippen molar-refractivity contribution in [1.29, 1.82) is 0 Å². The van der Waals surface area contributed by atoms with Gasteiger partial charge >= 0.3 is 0 Å². The average Bonchev–Trinajstić information content (AvgIpc) is 3.40. The Hall–Kier alpha value is -2.57. The molecule has 0 radical (unpaired) electrons. The summed E-state index contributed by atoms with van der Waals surface area (Å²) in [6, 6.07) is 15.5. The smallest absolute Gasteiger partial charge is 0.171 e. The van der Waals surface area contributed by atoms with E-state index in [1.165, 1.54) is 12.8 Å². The number of rotatable bonds is 5. The Morgan fingerprint density at radius 2 is 1.86 bits per heavy atom. The topological polar surface area (TPSA) is 53.3 Å². The molecule has 2 aromatic heterocycles. The molecule has 28 heavy (non-hydrogen) atoms. The van der Waals surface area contributed by atoms with E-state index >= 15 is 0 Å². The molecule has 0 atom stereocenters. The van der Waals surface area contributed by atoms with E-state index in [1.807, 2.05) is 54.7 Å². The zero-order valence-electron chi connectivity index (χ0n) is 15.3. The van der Waals surface area contributed by atoms with Gasteiger partial charge in [-0.3, -0.25) is 0 Å². The molecule has 5 nitrogen and oxygen atoms in total. The van der Waals surface area contributed by atoms with Gasteiger partial charge in [0.2, 0.25) is 0 Å². The van der Waals surface area contributed by atoms with Gasteiger partial charge in [-0.2, -0.15) is 0 Å². The number of thiocarbonyl (C=S) groups is 1. The zero-order valence-corrected chi connectivity index (χ0v) is 16.9. The van der Waals surface area contributed by atoms with Gasteiger partial charge in [0.1, 0.15) is 17.3 Å². The fourth-order valence-electron chi connectivity index (χ4n) is 3.18. The maximum atomic E-state index is 5.93. The Morgan fingerprint density at radius 1 is 1.07 bits per heavy atom. The predicted molar refractivity (Wildman–Crippen MR) is 118 cm³/mol. The van der Waals surface area contributed by atoms with E-state index in [2.05, 4.69) is 20.5 Å². The molecule has 1 saturated heterocycles. The van der Waals surface area contributed by atoms with Gasteiger partial charge in [-0.25, -0.2) is 4.98 Å². The lowest BCUT2D eigenvalue weighted by Crippen LogP contribution is -2.27. The van der Waals surface area contributed by atoms with Crippen LogP contribution in [0.15, 0.2) is 59.1 Å². The zero-order chi connectivity index (χ0) is 19.3. The van der Waals surface area contributed by atoms with Crippen LogP contribution in [0.1, 0.15) is 18.6 Å². The van der Waals surface area contributed by atoms with Crippen LogP contribution in [-0.4, -0.2) is 23.2 Å². The third-order valence-corrected chi connectivity index (χ3v) is 5.15. The summed E-state index contributed by atoms with van der Waals surface area (Å²) in [5.41, 5.74) is 1.85. The first-order valence-electron chi connectivity index (χ1n) is 9.28. The van der Waals surface area contributed by atoms with E-state index in [4.69, 9.17) is 28.2 Å².